The third-order valence-corrected chi connectivity index (χ3v) is 7.87. The SMILES string of the molecule is CCOc1ccc(S(=O)(=O)N(CC(=O)NCCSCc2ccc(Cl)cc2)c2ccccc2)cc1. The predicted molar refractivity (Wildman–Crippen MR) is 139 cm³/mol. The van der Waals surface area contributed by atoms with E-state index in [1.54, 1.807) is 54.2 Å². The number of benzene rings is 3. The van der Waals surface area contributed by atoms with Gasteiger partial charge in [-0.3, -0.25) is 9.10 Å². The van der Waals surface area contributed by atoms with Crippen LogP contribution in [0, 0.1) is 0 Å². The number of carbonyl (C=O) groups is 1. The summed E-state index contributed by atoms with van der Waals surface area (Å²) in [4.78, 5) is 12.7. The second kappa shape index (κ2) is 12.7. The minimum Gasteiger partial charge on any atom is -0.494 e. The van der Waals surface area contributed by atoms with Crippen molar-refractivity contribution in [2.75, 3.05) is 29.8 Å². The molecule has 1 N–H and O–H groups in total. The molecule has 0 aliphatic rings. The fourth-order valence-corrected chi connectivity index (χ4v) is 5.50. The number of nitrogens with zero attached hydrogens (tertiary/aromatic N) is 1. The molecule has 0 radical (unpaired) electrons. The summed E-state index contributed by atoms with van der Waals surface area (Å²) in [6, 6.07) is 22.4. The van der Waals surface area contributed by atoms with Crippen molar-refractivity contribution in [2.24, 2.45) is 0 Å². The molecule has 3 aromatic rings. The topological polar surface area (TPSA) is 75.7 Å². The predicted octanol–water partition coefficient (Wildman–Crippen LogP) is 4.98. The normalized spacial score (nSPS) is 11.1. The molecule has 34 heavy (non-hydrogen) atoms. The number of rotatable bonds is 12. The second-order valence-corrected chi connectivity index (χ2v) is 10.7. The number of nitrogens with one attached hydrogen (secondary N) is 1. The summed E-state index contributed by atoms with van der Waals surface area (Å²) in [5, 5.41) is 3.52. The maximum atomic E-state index is 13.4. The molecule has 0 fully saturated rings. The fraction of sp³-hybridized carbons (Fsp3) is 0.240. The molecule has 180 valence electrons. The Kier molecular flexibility index (Phi) is 9.68. The summed E-state index contributed by atoms with van der Waals surface area (Å²) in [5.74, 6) is 1.72. The van der Waals surface area contributed by atoms with Gasteiger partial charge in [0, 0.05) is 23.1 Å². The van der Waals surface area contributed by atoms with Gasteiger partial charge in [0.1, 0.15) is 12.3 Å². The van der Waals surface area contributed by atoms with Crippen molar-refractivity contribution >= 4 is 45.0 Å². The van der Waals surface area contributed by atoms with E-state index in [1.807, 2.05) is 31.2 Å². The van der Waals surface area contributed by atoms with Crippen LogP contribution in [0.25, 0.3) is 0 Å². The van der Waals surface area contributed by atoms with Crippen molar-refractivity contribution in [3.05, 3.63) is 89.4 Å². The molecule has 0 saturated carbocycles. The maximum Gasteiger partial charge on any atom is 0.264 e. The number of amides is 1. The molecule has 0 atom stereocenters. The van der Waals surface area contributed by atoms with Crippen LogP contribution in [0.3, 0.4) is 0 Å². The van der Waals surface area contributed by atoms with Crippen LogP contribution in [0.2, 0.25) is 5.02 Å². The molecule has 0 heterocycles. The molecule has 6 nitrogen and oxygen atoms in total. The molecule has 0 aromatic heterocycles. The highest BCUT2D eigenvalue weighted by Crippen LogP contribution is 2.25. The lowest BCUT2D eigenvalue weighted by molar-refractivity contribution is -0.119. The lowest BCUT2D eigenvalue weighted by Gasteiger charge is -2.24. The van der Waals surface area contributed by atoms with Crippen molar-refractivity contribution in [2.45, 2.75) is 17.6 Å². The van der Waals surface area contributed by atoms with E-state index < -0.39 is 10.0 Å². The number of ether oxygens (including phenoxy) is 1. The molecule has 1 amide bonds. The van der Waals surface area contributed by atoms with Crippen LogP contribution in [0.4, 0.5) is 5.69 Å². The minimum absolute atomic E-state index is 0.0890. The maximum absolute atomic E-state index is 13.4. The van der Waals surface area contributed by atoms with Gasteiger partial charge in [-0.25, -0.2) is 8.42 Å². The van der Waals surface area contributed by atoms with Gasteiger partial charge in [0.15, 0.2) is 0 Å². The highest BCUT2D eigenvalue weighted by molar-refractivity contribution is 7.98. The lowest BCUT2D eigenvalue weighted by atomic mass is 10.2. The Bertz CT molecular complexity index is 1160. The van der Waals surface area contributed by atoms with Crippen LogP contribution in [-0.4, -0.2) is 39.8 Å². The first-order valence-electron chi connectivity index (χ1n) is 10.8. The van der Waals surface area contributed by atoms with E-state index in [2.05, 4.69) is 5.32 Å². The molecule has 0 spiro atoms. The van der Waals surface area contributed by atoms with Crippen molar-refractivity contribution in [1.29, 1.82) is 0 Å². The van der Waals surface area contributed by atoms with Gasteiger partial charge in [-0.15, -0.1) is 0 Å². The van der Waals surface area contributed by atoms with Crippen LogP contribution in [0.1, 0.15) is 12.5 Å². The largest absolute Gasteiger partial charge is 0.494 e. The number of sulfonamides is 1. The van der Waals surface area contributed by atoms with E-state index >= 15 is 0 Å². The third kappa shape index (κ3) is 7.41. The summed E-state index contributed by atoms with van der Waals surface area (Å²) in [6.07, 6.45) is 0. The Morgan fingerprint density at radius 3 is 2.32 bits per heavy atom. The number of carbonyl (C=O) groups excluding carboxylic acids is 1. The summed E-state index contributed by atoms with van der Waals surface area (Å²) >= 11 is 7.58. The van der Waals surface area contributed by atoms with Crippen LogP contribution >= 0.6 is 23.4 Å². The summed E-state index contributed by atoms with van der Waals surface area (Å²) in [7, 11) is -3.95. The molecule has 3 aromatic carbocycles. The van der Waals surface area contributed by atoms with Crippen molar-refractivity contribution in [3.63, 3.8) is 0 Å². The smallest absolute Gasteiger partial charge is 0.264 e. The molecule has 0 unspecified atom stereocenters. The summed E-state index contributed by atoms with van der Waals surface area (Å²) in [6.45, 7) is 2.46. The van der Waals surface area contributed by atoms with Crippen LogP contribution in [0.5, 0.6) is 5.75 Å². The summed E-state index contributed by atoms with van der Waals surface area (Å²) < 4.78 is 33.3. The van der Waals surface area contributed by atoms with E-state index in [0.717, 1.165) is 15.6 Å². The molecule has 0 bridgehead atoms. The third-order valence-electron chi connectivity index (χ3n) is 4.80. The minimum atomic E-state index is -3.95. The zero-order valence-corrected chi connectivity index (χ0v) is 21.2. The van der Waals surface area contributed by atoms with Gasteiger partial charge < -0.3 is 10.1 Å². The van der Waals surface area contributed by atoms with Crippen LogP contribution in [-0.2, 0) is 20.6 Å². The van der Waals surface area contributed by atoms with E-state index in [-0.39, 0.29) is 17.3 Å². The standard InChI is InChI=1S/C25H27ClN2O4S2/c1-2-32-23-12-14-24(15-13-23)34(30,31)28(22-6-4-3-5-7-22)18-25(29)27-16-17-33-19-20-8-10-21(26)11-9-20/h3-15H,2,16-19H2,1H3,(H,27,29). The first kappa shape index (κ1) is 25.9. The Labute approximate surface area is 210 Å². The summed E-state index contributed by atoms with van der Waals surface area (Å²) in [5.41, 5.74) is 1.57. The zero-order chi connectivity index (χ0) is 24.4. The number of halogens is 1. The Balaban J connectivity index is 1.62. The number of para-hydroxylation sites is 1. The molecule has 0 aliphatic heterocycles. The first-order chi connectivity index (χ1) is 16.4. The monoisotopic (exact) mass is 518 g/mol. The van der Waals surface area contributed by atoms with Gasteiger partial charge in [-0.2, -0.15) is 11.8 Å². The number of hydrogen-bond donors (Lipinski definition) is 1. The highest BCUT2D eigenvalue weighted by Gasteiger charge is 2.27. The van der Waals surface area contributed by atoms with E-state index in [0.29, 0.717) is 35.4 Å². The van der Waals surface area contributed by atoms with Gasteiger partial charge in [-0.05, 0) is 61.0 Å². The van der Waals surface area contributed by atoms with Gasteiger partial charge in [0.05, 0.1) is 17.2 Å². The lowest BCUT2D eigenvalue weighted by Crippen LogP contribution is -2.41. The van der Waals surface area contributed by atoms with Crippen LogP contribution < -0.4 is 14.4 Å². The van der Waals surface area contributed by atoms with Crippen molar-refractivity contribution in [1.82, 2.24) is 5.32 Å². The molecule has 3 rings (SSSR count). The Morgan fingerprint density at radius 1 is 1.00 bits per heavy atom. The van der Waals surface area contributed by atoms with Crippen LogP contribution in [0.15, 0.2) is 83.8 Å². The van der Waals surface area contributed by atoms with E-state index in [9.17, 15) is 13.2 Å². The zero-order valence-electron chi connectivity index (χ0n) is 18.8. The van der Waals surface area contributed by atoms with E-state index in [4.69, 9.17) is 16.3 Å². The first-order valence-corrected chi connectivity index (χ1v) is 13.8. The highest BCUT2D eigenvalue weighted by atomic mass is 35.5. The average molecular weight is 519 g/mol. The fourth-order valence-electron chi connectivity index (χ4n) is 3.13. The van der Waals surface area contributed by atoms with E-state index in [1.165, 1.54) is 12.1 Å². The average Bonchev–Trinajstić information content (AvgIpc) is 2.84. The number of thioether (sulfide) groups is 1. The molecule has 0 saturated heterocycles. The van der Waals surface area contributed by atoms with Crippen molar-refractivity contribution < 1.29 is 17.9 Å². The number of hydrogen-bond acceptors (Lipinski definition) is 5. The Hall–Kier alpha value is -2.68. The van der Waals surface area contributed by atoms with Gasteiger partial charge in [0.25, 0.3) is 10.0 Å². The molecular weight excluding hydrogens is 492 g/mol. The molecule has 0 aliphatic carbocycles. The quantitative estimate of drug-likeness (QED) is 0.342. The molecule has 9 heteroatoms. The molecular formula is C25H27ClN2O4S2. The number of anilines is 1. The van der Waals surface area contributed by atoms with Crippen molar-refractivity contribution in [3.8, 4) is 5.75 Å². The van der Waals surface area contributed by atoms with Gasteiger partial charge in [-0.1, -0.05) is 41.9 Å². The van der Waals surface area contributed by atoms with Gasteiger partial charge in [0.2, 0.25) is 5.91 Å². The Morgan fingerprint density at radius 2 is 1.68 bits per heavy atom. The second-order valence-electron chi connectivity index (χ2n) is 7.28. The van der Waals surface area contributed by atoms with Gasteiger partial charge >= 0.3 is 0 Å².